The van der Waals surface area contributed by atoms with Crippen LogP contribution in [-0.2, 0) is 16.0 Å². The van der Waals surface area contributed by atoms with Crippen LogP contribution in [0.1, 0.15) is 40.9 Å². The number of hydrogen-bond donors (Lipinski definition) is 1. The second kappa shape index (κ2) is 6.69. The molecule has 0 spiro atoms. The van der Waals surface area contributed by atoms with Gasteiger partial charge in [-0.3, -0.25) is 4.79 Å². The molecular formula is C18H25N3O3. The Hall–Kier alpha value is -1.66. The fraction of sp³-hybridized carbons (Fsp3) is 0.667. The maximum absolute atomic E-state index is 11.7. The average Bonchev–Trinajstić information content (AvgIpc) is 3.24. The monoisotopic (exact) mass is 331 g/mol. The number of rotatable bonds is 4. The van der Waals surface area contributed by atoms with Gasteiger partial charge in [0.2, 0.25) is 0 Å². The minimum atomic E-state index is -0.00449. The molecule has 1 atom stereocenters. The molecule has 2 saturated heterocycles. The Bertz CT molecular complexity index is 620. The molecule has 0 saturated carbocycles. The third-order valence-corrected chi connectivity index (χ3v) is 5.26. The van der Waals surface area contributed by atoms with E-state index in [1.165, 1.54) is 0 Å². The van der Waals surface area contributed by atoms with Gasteiger partial charge < -0.3 is 19.7 Å². The minimum absolute atomic E-state index is 0.00449. The molecule has 4 heterocycles. The summed E-state index contributed by atoms with van der Waals surface area (Å²) in [5.74, 6) is 1.59. The van der Waals surface area contributed by atoms with Crippen molar-refractivity contribution in [3.8, 4) is 0 Å². The molecule has 2 fully saturated rings. The van der Waals surface area contributed by atoms with E-state index >= 15 is 0 Å². The summed E-state index contributed by atoms with van der Waals surface area (Å²) < 4.78 is 11.5. The van der Waals surface area contributed by atoms with Gasteiger partial charge >= 0.3 is 0 Å². The number of carbonyl (C=O) groups excluding carboxylic acids is 1. The molecule has 0 aliphatic carbocycles. The van der Waals surface area contributed by atoms with Gasteiger partial charge in [-0.15, -0.1) is 0 Å². The summed E-state index contributed by atoms with van der Waals surface area (Å²) in [6.07, 6.45) is 3.54. The number of fused-ring (bicyclic) bond motifs is 1. The molecule has 1 amide bonds. The van der Waals surface area contributed by atoms with Crippen LogP contribution in [0.15, 0.2) is 6.07 Å². The Labute approximate surface area is 142 Å². The summed E-state index contributed by atoms with van der Waals surface area (Å²) in [5.41, 5.74) is 2.68. The summed E-state index contributed by atoms with van der Waals surface area (Å²) in [6, 6.07) is 1.97. The molecule has 1 aromatic heterocycles. The lowest BCUT2D eigenvalue weighted by molar-refractivity contribution is 0.0131. The number of pyridine rings is 1. The SMILES string of the molecule is Cc1cc2c(nc1N1CCC(OCC3CCOC3)CC1)CNC2=O. The molecule has 1 N–H and O–H groups in total. The van der Waals surface area contributed by atoms with E-state index in [4.69, 9.17) is 14.5 Å². The van der Waals surface area contributed by atoms with Crippen molar-refractivity contribution in [2.24, 2.45) is 5.92 Å². The highest BCUT2D eigenvalue weighted by Gasteiger charge is 2.27. The average molecular weight is 331 g/mol. The van der Waals surface area contributed by atoms with Gasteiger partial charge in [-0.25, -0.2) is 4.98 Å². The molecular weight excluding hydrogens is 306 g/mol. The van der Waals surface area contributed by atoms with E-state index in [1.54, 1.807) is 0 Å². The minimum Gasteiger partial charge on any atom is -0.381 e. The second-order valence-electron chi connectivity index (χ2n) is 7.06. The van der Waals surface area contributed by atoms with Gasteiger partial charge in [-0.05, 0) is 37.8 Å². The first-order chi connectivity index (χ1) is 11.7. The van der Waals surface area contributed by atoms with Gasteiger partial charge in [-0.1, -0.05) is 0 Å². The van der Waals surface area contributed by atoms with E-state index < -0.39 is 0 Å². The van der Waals surface area contributed by atoms with E-state index in [-0.39, 0.29) is 5.91 Å². The number of amides is 1. The van der Waals surface area contributed by atoms with Crippen molar-refractivity contribution in [1.82, 2.24) is 10.3 Å². The molecule has 1 aromatic rings. The highest BCUT2D eigenvalue weighted by Crippen LogP contribution is 2.27. The summed E-state index contributed by atoms with van der Waals surface area (Å²) in [5, 5.41) is 2.84. The molecule has 0 bridgehead atoms. The third kappa shape index (κ3) is 3.13. The number of ether oxygens (including phenoxy) is 2. The number of hydrogen-bond acceptors (Lipinski definition) is 5. The number of nitrogens with zero attached hydrogens (tertiary/aromatic N) is 2. The van der Waals surface area contributed by atoms with Crippen molar-refractivity contribution in [3.63, 3.8) is 0 Å². The Morgan fingerprint density at radius 3 is 2.96 bits per heavy atom. The van der Waals surface area contributed by atoms with Gasteiger partial charge in [0.15, 0.2) is 0 Å². The van der Waals surface area contributed by atoms with Gasteiger partial charge in [-0.2, -0.15) is 0 Å². The maximum atomic E-state index is 11.7. The molecule has 130 valence electrons. The number of anilines is 1. The van der Waals surface area contributed by atoms with Crippen LogP contribution >= 0.6 is 0 Å². The van der Waals surface area contributed by atoms with E-state index in [9.17, 15) is 4.79 Å². The Kier molecular flexibility index (Phi) is 4.41. The third-order valence-electron chi connectivity index (χ3n) is 5.26. The number of aromatic nitrogens is 1. The fourth-order valence-electron chi connectivity index (χ4n) is 3.77. The standard InChI is InChI=1S/C18H25N3O3/c1-12-8-15-16(9-19-18(15)22)20-17(12)21-5-2-14(3-6-21)24-11-13-4-7-23-10-13/h8,13-14H,2-7,9-11H2,1H3,(H,19,22). The van der Waals surface area contributed by atoms with E-state index in [2.05, 4.69) is 10.2 Å². The molecule has 0 radical (unpaired) electrons. The van der Waals surface area contributed by atoms with Crippen molar-refractivity contribution in [2.45, 2.75) is 38.8 Å². The molecule has 6 nitrogen and oxygen atoms in total. The lowest BCUT2D eigenvalue weighted by Crippen LogP contribution is -2.38. The largest absolute Gasteiger partial charge is 0.381 e. The van der Waals surface area contributed by atoms with Crippen molar-refractivity contribution < 1.29 is 14.3 Å². The van der Waals surface area contributed by atoms with Crippen LogP contribution in [0.3, 0.4) is 0 Å². The summed E-state index contributed by atoms with van der Waals surface area (Å²) >= 11 is 0. The van der Waals surface area contributed by atoms with E-state index in [0.717, 1.165) is 74.8 Å². The van der Waals surface area contributed by atoms with Crippen molar-refractivity contribution in [2.75, 3.05) is 37.8 Å². The zero-order chi connectivity index (χ0) is 16.5. The number of piperidine rings is 1. The van der Waals surface area contributed by atoms with Crippen LogP contribution in [0, 0.1) is 12.8 Å². The first-order valence-corrected chi connectivity index (χ1v) is 8.93. The van der Waals surface area contributed by atoms with Crippen molar-refractivity contribution in [1.29, 1.82) is 0 Å². The number of aryl methyl sites for hydroxylation is 1. The van der Waals surface area contributed by atoms with E-state index in [0.29, 0.717) is 18.6 Å². The highest BCUT2D eigenvalue weighted by atomic mass is 16.5. The van der Waals surface area contributed by atoms with Crippen molar-refractivity contribution in [3.05, 3.63) is 22.9 Å². The number of carbonyl (C=O) groups is 1. The van der Waals surface area contributed by atoms with Gasteiger partial charge in [0.25, 0.3) is 5.91 Å². The van der Waals surface area contributed by atoms with Crippen molar-refractivity contribution >= 4 is 11.7 Å². The summed E-state index contributed by atoms with van der Waals surface area (Å²) in [4.78, 5) is 18.8. The highest BCUT2D eigenvalue weighted by molar-refractivity contribution is 5.98. The fourth-order valence-corrected chi connectivity index (χ4v) is 3.77. The Morgan fingerprint density at radius 2 is 2.21 bits per heavy atom. The molecule has 3 aliphatic heterocycles. The normalized spacial score (nSPS) is 24.3. The topological polar surface area (TPSA) is 63.7 Å². The van der Waals surface area contributed by atoms with Gasteiger partial charge in [0, 0.05) is 25.6 Å². The molecule has 4 rings (SSSR count). The maximum Gasteiger partial charge on any atom is 0.253 e. The van der Waals surface area contributed by atoms with Crippen LogP contribution in [-0.4, -0.2) is 49.9 Å². The summed E-state index contributed by atoms with van der Waals surface area (Å²) in [7, 11) is 0. The predicted molar refractivity (Wildman–Crippen MR) is 90.3 cm³/mol. The van der Waals surface area contributed by atoms with Gasteiger partial charge in [0.1, 0.15) is 5.82 Å². The first-order valence-electron chi connectivity index (χ1n) is 8.93. The summed E-state index contributed by atoms with van der Waals surface area (Å²) in [6.45, 7) is 7.06. The Morgan fingerprint density at radius 1 is 1.38 bits per heavy atom. The number of nitrogens with one attached hydrogen (secondary N) is 1. The molecule has 24 heavy (non-hydrogen) atoms. The zero-order valence-electron chi connectivity index (χ0n) is 14.2. The van der Waals surface area contributed by atoms with Crippen LogP contribution in [0.25, 0.3) is 0 Å². The van der Waals surface area contributed by atoms with Crippen LogP contribution in [0.2, 0.25) is 0 Å². The molecule has 6 heteroatoms. The molecule has 0 aromatic carbocycles. The van der Waals surface area contributed by atoms with Crippen LogP contribution in [0.4, 0.5) is 5.82 Å². The lowest BCUT2D eigenvalue weighted by Gasteiger charge is -2.34. The first kappa shape index (κ1) is 15.8. The second-order valence-corrected chi connectivity index (χ2v) is 7.06. The van der Waals surface area contributed by atoms with E-state index in [1.807, 2.05) is 13.0 Å². The quantitative estimate of drug-likeness (QED) is 0.909. The molecule has 1 unspecified atom stereocenters. The lowest BCUT2D eigenvalue weighted by atomic mass is 10.1. The smallest absolute Gasteiger partial charge is 0.253 e. The zero-order valence-corrected chi connectivity index (χ0v) is 14.2. The predicted octanol–water partition coefficient (Wildman–Crippen LogP) is 1.66. The van der Waals surface area contributed by atoms with Crippen LogP contribution < -0.4 is 10.2 Å². The van der Waals surface area contributed by atoms with Crippen LogP contribution in [0.5, 0.6) is 0 Å². The van der Waals surface area contributed by atoms with Gasteiger partial charge in [0.05, 0.1) is 37.1 Å². The Balaban J connectivity index is 1.35. The molecule has 3 aliphatic rings.